The molecule has 0 saturated carbocycles. The summed E-state index contributed by atoms with van der Waals surface area (Å²) >= 11 is 0. The molecule has 11 N–H and O–H groups in total. The summed E-state index contributed by atoms with van der Waals surface area (Å²) in [6.45, 7) is 1.67. The van der Waals surface area contributed by atoms with Gasteiger partial charge in [-0.05, 0) is 50.8 Å². The summed E-state index contributed by atoms with van der Waals surface area (Å²) < 4.78 is 0. The van der Waals surface area contributed by atoms with Gasteiger partial charge in [0.1, 0.15) is 18.1 Å². The number of amides is 3. The van der Waals surface area contributed by atoms with Gasteiger partial charge in [-0.15, -0.1) is 0 Å². The largest absolute Gasteiger partial charge is 0.480 e. The molecule has 0 bridgehead atoms. The van der Waals surface area contributed by atoms with Crippen LogP contribution in [-0.4, -0.2) is 85.7 Å². The molecule has 3 amide bonds. The Morgan fingerprint density at radius 1 is 0.976 bits per heavy atom. The van der Waals surface area contributed by atoms with Crippen molar-refractivity contribution in [3.63, 3.8) is 0 Å². The third-order valence-corrected chi connectivity index (χ3v) is 6.69. The van der Waals surface area contributed by atoms with Crippen LogP contribution < -0.4 is 27.4 Å². The van der Waals surface area contributed by atoms with E-state index in [1.807, 2.05) is 24.3 Å². The second-order valence-electron chi connectivity index (χ2n) is 9.92. The zero-order valence-corrected chi connectivity index (χ0v) is 22.8. The third-order valence-electron chi connectivity index (χ3n) is 6.69. The van der Waals surface area contributed by atoms with E-state index in [-0.39, 0.29) is 19.3 Å². The number of nitrogens with one attached hydrogen (secondary N) is 5. The number of aromatic nitrogens is 3. The monoisotopic (exact) mass is 570 g/mol. The van der Waals surface area contributed by atoms with Gasteiger partial charge in [0.25, 0.3) is 0 Å². The number of hydrogen-bond acceptors (Lipinski definition) is 8. The number of fused-ring (bicyclic) bond motifs is 1. The summed E-state index contributed by atoms with van der Waals surface area (Å²) in [5, 5.41) is 28.2. The number of para-hydroxylation sites is 1. The number of aliphatic hydroxyl groups is 1. The molecule has 222 valence electrons. The molecule has 41 heavy (non-hydrogen) atoms. The van der Waals surface area contributed by atoms with Crippen molar-refractivity contribution < 1.29 is 29.4 Å². The van der Waals surface area contributed by atoms with Crippen molar-refractivity contribution in [3.05, 3.63) is 54.2 Å². The number of carbonyl (C=O) groups excluding carboxylic acids is 3. The molecule has 3 rings (SSSR count). The summed E-state index contributed by atoms with van der Waals surface area (Å²) in [4.78, 5) is 60.7. The minimum absolute atomic E-state index is 0.0896. The van der Waals surface area contributed by atoms with Crippen LogP contribution in [0.2, 0.25) is 0 Å². The fraction of sp³-hybridized carbons (Fsp3) is 0.444. The van der Waals surface area contributed by atoms with Crippen LogP contribution >= 0.6 is 0 Å². The number of carbonyl (C=O) groups is 4. The smallest absolute Gasteiger partial charge is 0.326 e. The van der Waals surface area contributed by atoms with E-state index in [4.69, 9.17) is 11.5 Å². The zero-order valence-electron chi connectivity index (χ0n) is 22.8. The Morgan fingerprint density at radius 3 is 2.37 bits per heavy atom. The predicted octanol–water partition coefficient (Wildman–Crippen LogP) is -0.948. The summed E-state index contributed by atoms with van der Waals surface area (Å²) in [6.07, 6.45) is 4.65. The normalized spacial score (nSPS) is 14.9. The maximum absolute atomic E-state index is 13.3. The molecule has 2 aromatic heterocycles. The number of rotatable bonds is 16. The predicted molar refractivity (Wildman–Crippen MR) is 150 cm³/mol. The number of imidazole rings is 1. The fourth-order valence-electron chi connectivity index (χ4n) is 4.41. The van der Waals surface area contributed by atoms with E-state index in [9.17, 15) is 29.4 Å². The van der Waals surface area contributed by atoms with E-state index in [1.165, 1.54) is 19.4 Å². The molecule has 14 nitrogen and oxygen atoms in total. The number of carboxylic acids is 1. The van der Waals surface area contributed by atoms with Crippen LogP contribution in [0.4, 0.5) is 0 Å². The maximum atomic E-state index is 13.3. The van der Waals surface area contributed by atoms with Gasteiger partial charge in [-0.25, -0.2) is 9.78 Å². The van der Waals surface area contributed by atoms with E-state index >= 15 is 0 Å². The Morgan fingerprint density at radius 2 is 1.71 bits per heavy atom. The van der Waals surface area contributed by atoms with Crippen molar-refractivity contribution in [2.24, 2.45) is 11.5 Å². The van der Waals surface area contributed by atoms with E-state index in [1.54, 1.807) is 6.20 Å². The number of hydrogen-bond donors (Lipinski definition) is 9. The first kappa shape index (κ1) is 31.3. The molecule has 14 heteroatoms. The molecule has 5 unspecified atom stereocenters. The molecule has 0 saturated heterocycles. The highest BCUT2D eigenvalue weighted by molar-refractivity contribution is 5.94. The van der Waals surface area contributed by atoms with E-state index in [0.29, 0.717) is 25.1 Å². The van der Waals surface area contributed by atoms with Crippen molar-refractivity contribution in [1.29, 1.82) is 0 Å². The van der Waals surface area contributed by atoms with E-state index < -0.39 is 54.0 Å². The summed E-state index contributed by atoms with van der Waals surface area (Å²) in [6, 6.07) is 2.73. The van der Waals surface area contributed by atoms with Gasteiger partial charge in [0.05, 0.1) is 18.5 Å². The van der Waals surface area contributed by atoms with Gasteiger partial charge in [-0.3, -0.25) is 14.4 Å². The number of nitrogens with two attached hydrogens (primary N) is 2. The molecule has 0 aliphatic rings. The van der Waals surface area contributed by atoms with Crippen molar-refractivity contribution in [2.45, 2.75) is 69.3 Å². The molecule has 5 atom stereocenters. The molecule has 0 spiro atoms. The molecule has 0 aliphatic carbocycles. The highest BCUT2D eigenvalue weighted by Gasteiger charge is 2.33. The summed E-state index contributed by atoms with van der Waals surface area (Å²) in [5.74, 6) is -3.49. The van der Waals surface area contributed by atoms with Crippen LogP contribution in [0.15, 0.2) is 43.0 Å². The number of nitrogens with zero attached hydrogens (tertiary/aromatic N) is 1. The zero-order chi connectivity index (χ0) is 29.9. The number of aliphatic carboxylic acids is 1. The molecule has 0 aliphatic heterocycles. The Hall–Kier alpha value is -4.27. The molecule has 0 radical (unpaired) electrons. The van der Waals surface area contributed by atoms with E-state index in [0.717, 1.165) is 16.5 Å². The lowest BCUT2D eigenvalue weighted by molar-refractivity contribution is -0.143. The maximum Gasteiger partial charge on any atom is 0.326 e. The fourth-order valence-corrected chi connectivity index (χ4v) is 4.41. The Balaban J connectivity index is 1.67. The quantitative estimate of drug-likeness (QED) is 0.0963. The number of H-pyrrole nitrogens is 2. The Kier molecular flexibility index (Phi) is 11.4. The lowest BCUT2D eigenvalue weighted by atomic mass is 10.0. The van der Waals surface area contributed by atoms with Crippen LogP contribution in [0.1, 0.15) is 37.4 Å². The average Bonchev–Trinajstić information content (AvgIpc) is 3.60. The topological polar surface area (TPSA) is 241 Å². The highest BCUT2D eigenvalue weighted by Crippen LogP contribution is 2.19. The number of aliphatic hydroxyl groups excluding tert-OH is 1. The van der Waals surface area contributed by atoms with Crippen LogP contribution in [0.5, 0.6) is 0 Å². The first-order chi connectivity index (χ1) is 19.6. The van der Waals surface area contributed by atoms with Crippen LogP contribution in [-0.2, 0) is 32.0 Å². The molecule has 0 fully saturated rings. The minimum atomic E-state index is -1.49. The lowest BCUT2D eigenvalue weighted by Gasteiger charge is -2.26. The second-order valence-corrected chi connectivity index (χ2v) is 9.92. The van der Waals surface area contributed by atoms with Crippen molar-refractivity contribution in [1.82, 2.24) is 30.9 Å². The molecule has 1 aromatic carbocycles. The SMILES string of the molecule is CC(O)C(NC(=O)C(CCCCN)NC(=O)C(N)Cc1c[nH]c2ccccc12)C(=O)NC(Cc1cnc[nH]1)C(=O)O. The van der Waals surface area contributed by atoms with Gasteiger partial charge < -0.3 is 47.6 Å². The third kappa shape index (κ3) is 8.86. The van der Waals surface area contributed by atoms with Gasteiger partial charge in [0.15, 0.2) is 0 Å². The summed E-state index contributed by atoms with van der Waals surface area (Å²) in [7, 11) is 0. The van der Waals surface area contributed by atoms with Crippen molar-refractivity contribution >= 4 is 34.6 Å². The second kappa shape index (κ2) is 14.9. The van der Waals surface area contributed by atoms with Crippen LogP contribution in [0.25, 0.3) is 10.9 Å². The lowest BCUT2D eigenvalue weighted by Crippen LogP contribution is -2.60. The average molecular weight is 571 g/mol. The molecule has 2 heterocycles. The van der Waals surface area contributed by atoms with Crippen LogP contribution in [0, 0.1) is 0 Å². The first-order valence-corrected chi connectivity index (χ1v) is 13.4. The minimum Gasteiger partial charge on any atom is -0.480 e. The Labute approximate surface area is 236 Å². The van der Waals surface area contributed by atoms with Gasteiger partial charge in [-0.1, -0.05) is 18.2 Å². The van der Waals surface area contributed by atoms with Crippen molar-refractivity contribution in [2.75, 3.05) is 6.54 Å². The first-order valence-electron chi connectivity index (χ1n) is 13.4. The number of aromatic amines is 2. The van der Waals surface area contributed by atoms with Crippen molar-refractivity contribution in [3.8, 4) is 0 Å². The summed E-state index contributed by atoms with van der Waals surface area (Å²) in [5.41, 5.74) is 14.0. The number of benzene rings is 1. The van der Waals surface area contributed by atoms with Gasteiger partial charge in [0.2, 0.25) is 17.7 Å². The molecular weight excluding hydrogens is 532 g/mol. The van der Waals surface area contributed by atoms with Gasteiger partial charge in [0, 0.05) is 35.4 Å². The van der Waals surface area contributed by atoms with Crippen LogP contribution in [0.3, 0.4) is 0 Å². The Bertz CT molecular complexity index is 1310. The molecule has 3 aromatic rings. The molecular formula is C27H38N8O6. The van der Waals surface area contributed by atoms with Gasteiger partial charge >= 0.3 is 5.97 Å². The standard InChI is InChI=1S/C27H38N8O6/c1-15(36)23(26(39)34-22(27(40)41)11-17-13-30-14-32-17)35-25(38)21(8-4-5-9-28)33-24(37)19(29)10-16-12-31-20-7-3-2-6-18(16)20/h2-3,6-7,12-15,19,21-23,31,36H,4-5,8-11,28-29H2,1H3,(H,30,32)(H,33,37)(H,34,39)(H,35,38)(H,40,41). The number of unbranched alkanes of at least 4 members (excludes halogenated alkanes) is 1. The highest BCUT2D eigenvalue weighted by atomic mass is 16.4. The number of carboxylic acid groups (broad SMARTS) is 1. The van der Waals surface area contributed by atoms with Gasteiger partial charge in [-0.2, -0.15) is 0 Å². The van der Waals surface area contributed by atoms with E-state index in [2.05, 4.69) is 30.9 Å².